The average molecular weight is 583 g/mol. The summed E-state index contributed by atoms with van der Waals surface area (Å²) in [6.07, 6.45) is 5.83. The fourth-order valence-corrected chi connectivity index (χ4v) is 16.9. The Balaban J connectivity index is 1.25. The van der Waals surface area contributed by atoms with Crippen molar-refractivity contribution in [3.8, 4) is 5.75 Å². The maximum absolute atomic E-state index is 14.3. The second kappa shape index (κ2) is 7.19. The molecular formula is C24H25BrFIN2O. The molecule has 6 heteroatoms. The van der Waals surface area contributed by atoms with Gasteiger partial charge in [-0.1, -0.05) is 0 Å². The summed E-state index contributed by atoms with van der Waals surface area (Å²) in [6.45, 7) is 4.44. The molecule has 4 aliphatic rings. The van der Waals surface area contributed by atoms with Gasteiger partial charge in [0.25, 0.3) is 0 Å². The number of pyridine rings is 1. The van der Waals surface area contributed by atoms with Crippen LogP contribution in [0.25, 0.3) is 5.70 Å². The number of methoxy groups -OCH3 is 1. The molecule has 5 heterocycles. The SMILES string of the molecule is C=C(c1cccc(F)c1OC)N1C2CCC1C1C2CC2C(c3ccc(Br)cn3)CI21. The van der Waals surface area contributed by atoms with Crippen LogP contribution in [0.2, 0.25) is 0 Å². The van der Waals surface area contributed by atoms with Crippen LogP contribution in [0.4, 0.5) is 4.39 Å². The van der Waals surface area contributed by atoms with E-state index in [-0.39, 0.29) is 5.82 Å². The number of fused-ring (bicyclic) bond motifs is 7. The van der Waals surface area contributed by atoms with Crippen LogP contribution in [-0.4, -0.2) is 41.4 Å². The molecule has 0 amide bonds. The zero-order valence-electron chi connectivity index (χ0n) is 16.9. The van der Waals surface area contributed by atoms with Crippen molar-refractivity contribution in [2.24, 2.45) is 5.92 Å². The number of ether oxygens (including phenoxy) is 1. The summed E-state index contributed by atoms with van der Waals surface area (Å²) in [5, 5.41) is 0. The fraction of sp³-hybridized carbons (Fsp3) is 0.458. The topological polar surface area (TPSA) is 25.4 Å². The van der Waals surface area contributed by atoms with Crippen LogP contribution in [0.1, 0.15) is 36.4 Å². The van der Waals surface area contributed by atoms with Crippen LogP contribution in [0.3, 0.4) is 0 Å². The van der Waals surface area contributed by atoms with Gasteiger partial charge in [0, 0.05) is 0 Å². The van der Waals surface area contributed by atoms with Crippen LogP contribution < -0.4 is 4.74 Å². The first-order chi connectivity index (χ1) is 14.6. The standard InChI is InChI=1S/C24H25BrFIN2O/c1-13(15-4-3-5-18(26)24(15)30-2)29-21-8-9-22(29)23-16(21)10-19-17(11-27(19)23)20-7-6-14(25)12-28-20/h3-7,12,16-17,19,21-23H,1,8-11H2,2H3. The Kier molecular flexibility index (Phi) is 4.68. The maximum atomic E-state index is 14.3. The summed E-state index contributed by atoms with van der Waals surface area (Å²) in [6, 6.07) is 10.7. The minimum atomic E-state index is -1.01. The van der Waals surface area contributed by atoms with E-state index in [1.807, 2.05) is 12.3 Å². The zero-order chi connectivity index (χ0) is 20.6. The molecule has 0 spiro atoms. The molecule has 1 aromatic carbocycles. The molecule has 1 aromatic heterocycles. The van der Waals surface area contributed by atoms with Crippen LogP contribution in [0, 0.1) is 11.7 Å². The molecule has 4 aliphatic heterocycles. The van der Waals surface area contributed by atoms with Crippen molar-refractivity contribution in [3.05, 3.63) is 64.7 Å². The molecule has 6 rings (SSSR count). The first-order valence-corrected chi connectivity index (χ1v) is 15.4. The fourth-order valence-electron chi connectivity index (χ4n) is 6.45. The number of aromatic nitrogens is 1. The van der Waals surface area contributed by atoms with Crippen LogP contribution >= 0.6 is 35.7 Å². The van der Waals surface area contributed by atoms with Gasteiger partial charge >= 0.3 is 193 Å². The summed E-state index contributed by atoms with van der Waals surface area (Å²) in [5.41, 5.74) is 3.09. The molecule has 0 radical (unpaired) electrons. The van der Waals surface area contributed by atoms with Crippen molar-refractivity contribution < 1.29 is 9.13 Å². The predicted octanol–water partition coefficient (Wildman–Crippen LogP) is 5.87. The van der Waals surface area contributed by atoms with E-state index in [9.17, 15) is 4.39 Å². The first-order valence-electron chi connectivity index (χ1n) is 10.6. The molecule has 158 valence electrons. The molecule has 2 bridgehead atoms. The quantitative estimate of drug-likeness (QED) is 0.333. The van der Waals surface area contributed by atoms with E-state index in [0.29, 0.717) is 23.8 Å². The number of hydrogen-bond donors (Lipinski definition) is 0. The van der Waals surface area contributed by atoms with E-state index >= 15 is 0 Å². The van der Waals surface area contributed by atoms with E-state index in [1.165, 1.54) is 35.5 Å². The third-order valence-electron chi connectivity index (χ3n) is 7.63. The molecule has 6 atom stereocenters. The van der Waals surface area contributed by atoms with E-state index in [1.54, 1.807) is 13.2 Å². The van der Waals surface area contributed by atoms with Gasteiger partial charge in [-0.05, 0) is 0 Å². The molecule has 6 unspecified atom stereocenters. The summed E-state index contributed by atoms with van der Waals surface area (Å²) >= 11 is 2.50. The van der Waals surface area contributed by atoms with Gasteiger partial charge in [0.1, 0.15) is 0 Å². The van der Waals surface area contributed by atoms with Crippen LogP contribution in [-0.2, 0) is 0 Å². The molecule has 4 saturated heterocycles. The first kappa shape index (κ1) is 19.5. The van der Waals surface area contributed by atoms with Gasteiger partial charge in [0.2, 0.25) is 0 Å². The second-order valence-corrected chi connectivity index (χ2v) is 16.2. The van der Waals surface area contributed by atoms with Crippen molar-refractivity contribution in [1.82, 2.24) is 9.88 Å². The van der Waals surface area contributed by atoms with Gasteiger partial charge in [0.15, 0.2) is 0 Å². The number of benzene rings is 1. The van der Waals surface area contributed by atoms with Crippen molar-refractivity contribution in [2.75, 3.05) is 11.5 Å². The molecule has 4 fully saturated rings. The van der Waals surface area contributed by atoms with Crippen LogP contribution in [0.15, 0.2) is 47.6 Å². The van der Waals surface area contributed by atoms with Crippen molar-refractivity contribution in [1.29, 1.82) is 0 Å². The molecule has 3 nitrogen and oxygen atoms in total. The Morgan fingerprint density at radius 1 is 1.27 bits per heavy atom. The van der Waals surface area contributed by atoms with E-state index in [2.05, 4.69) is 39.5 Å². The Labute approximate surface area is 192 Å². The van der Waals surface area contributed by atoms with Gasteiger partial charge in [-0.25, -0.2) is 0 Å². The van der Waals surface area contributed by atoms with E-state index in [4.69, 9.17) is 9.72 Å². The van der Waals surface area contributed by atoms with Crippen LogP contribution in [0.5, 0.6) is 5.75 Å². The van der Waals surface area contributed by atoms with Gasteiger partial charge in [-0.3, -0.25) is 0 Å². The summed E-state index contributed by atoms with van der Waals surface area (Å²) in [7, 11) is 1.55. The Hall–Kier alpha value is -1.15. The van der Waals surface area contributed by atoms with Gasteiger partial charge in [-0.2, -0.15) is 0 Å². The number of para-hydroxylation sites is 1. The molecule has 0 saturated carbocycles. The summed E-state index contributed by atoms with van der Waals surface area (Å²) in [4.78, 5) is 7.30. The Morgan fingerprint density at radius 3 is 2.87 bits per heavy atom. The van der Waals surface area contributed by atoms with Crippen molar-refractivity contribution >= 4 is 41.4 Å². The second-order valence-electron chi connectivity index (χ2n) is 8.84. The van der Waals surface area contributed by atoms with Crippen molar-refractivity contribution in [2.45, 2.75) is 45.1 Å². The third-order valence-corrected chi connectivity index (χ3v) is 17.1. The molecule has 0 N–H and O–H groups in total. The van der Waals surface area contributed by atoms with E-state index in [0.717, 1.165) is 29.5 Å². The van der Waals surface area contributed by atoms with Crippen molar-refractivity contribution in [3.63, 3.8) is 0 Å². The monoisotopic (exact) mass is 582 g/mol. The molecular weight excluding hydrogens is 558 g/mol. The van der Waals surface area contributed by atoms with Gasteiger partial charge in [0.05, 0.1) is 0 Å². The number of hydrogen-bond acceptors (Lipinski definition) is 3. The average Bonchev–Trinajstić information content (AvgIpc) is 3.37. The summed E-state index contributed by atoms with van der Waals surface area (Å²) in [5.74, 6) is 1.52. The van der Waals surface area contributed by atoms with E-state index < -0.39 is 19.8 Å². The zero-order valence-corrected chi connectivity index (χ0v) is 20.6. The number of alkyl halides is 3. The normalized spacial score (nSPS) is 34.5. The molecule has 30 heavy (non-hydrogen) atoms. The third kappa shape index (κ3) is 2.68. The van der Waals surface area contributed by atoms with Gasteiger partial charge in [-0.15, -0.1) is 0 Å². The number of nitrogens with zero attached hydrogens (tertiary/aromatic N) is 2. The predicted molar refractivity (Wildman–Crippen MR) is 130 cm³/mol. The Morgan fingerprint density at radius 2 is 2.10 bits per heavy atom. The van der Waals surface area contributed by atoms with Gasteiger partial charge < -0.3 is 0 Å². The molecule has 0 aliphatic carbocycles. The minimum absolute atomic E-state index is 0.303. The molecule has 2 aromatic rings. The summed E-state index contributed by atoms with van der Waals surface area (Å²) < 4.78 is 24.0. The Bertz CT molecular complexity index is 1010. The number of halogens is 3. The number of rotatable bonds is 4.